The molecule has 0 radical (unpaired) electrons. The third-order valence-electron chi connectivity index (χ3n) is 6.51. The van der Waals surface area contributed by atoms with Gasteiger partial charge in [0.05, 0.1) is 26.3 Å². The van der Waals surface area contributed by atoms with Gasteiger partial charge in [0.2, 0.25) is 11.9 Å². The number of amides is 3. The molecule has 4 aliphatic rings. The van der Waals surface area contributed by atoms with Gasteiger partial charge in [-0.2, -0.15) is 0 Å². The molecule has 0 aromatic heterocycles. The van der Waals surface area contributed by atoms with E-state index in [1.54, 1.807) is 7.05 Å². The minimum absolute atomic E-state index is 0.194. The van der Waals surface area contributed by atoms with Crippen molar-refractivity contribution in [1.82, 2.24) is 14.7 Å². The molecule has 32 heavy (non-hydrogen) atoms. The van der Waals surface area contributed by atoms with Crippen LogP contribution in [0.15, 0.2) is 29.3 Å². The first-order valence-corrected chi connectivity index (χ1v) is 11.5. The highest BCUT2D eigenvalue weighted by Gasteiger charge is 2.55. The fourth-order valence-electron chi connectivity index (χ4n) is 4.81. The predicted octanol–water partition coefficient (Wildman–Crippen LogP) is 1.17. The van der Waals surface area contributed by atoms with Gasteiger partial charge in [-0.25, -0.2) is 14.3 Å². The van der Waals surface area contributed by atoms with E-state index in [-0.39, 0.29) is 11.9 Å². The summed E-state index contributed by atoms with van der Waals surface area (Å²) in [6.07, 6.45) is 0. The molecule has 2 fully saturated rings. The van der Waals surface area contributed by atoms with Crippen molar-refractivity contribution in [2.24, 2.45) is 10.9 Å². The van der Waals surface area contributed by atoms with Crippen LogP contribution in [0.25, 0.3) is 0 Å². The molecule has 1 aromatic rings. The third-order valence-corrected chi connectivity index (χ3v) is 6.77. The highest BCUT2D eigenvalue weighted by atomic mass is 35.5. The molecule has 5 rings (SSSR count). The summed E-state index contributed by atoms with van der Waals surface area (Å²) in [5, 5.41) is 0.670. The van der Waals surface area contributed by atoms with Crippen molar-refractivity contribution in [3.8, 4) is 0 Å². The molecule has 2 unspecified atom stereocenters. The number of imide groups is 1. The molecule has 4 aliphatic heterocycles. The second kappa shape index (κ2) is 8.46. The zero-order valence-electron chi connectivity index (χ0n) is 18.4. The van der Waals surface area contributed by atoms with Crippen LogP contribution in [0.2, 0.25) is 5.02 Å². The Hall–Kier alpha value is -2.49. The average Bonchev–Trinajstić information content (AvgIpc) is 3.18. The highest BCUT2D eigenvalue weighted by Crippen LogP contribution is 2.28. The topological polar surface area (TPSA) is 71.7 Å². The Morgan fingerprint density at radius 3 is 2.59 bits per heavy atom. The zero-order valence-corrected chi connectivity index (χ0v) is 19.2. The first kappa shape index (κ1) is 21.4. The molecule has 0 aliphatic carbocycles. The quantitative estimate of drug-likeness (QED) is 0.632. The predicted molar refractivity (Wildman–Crippen MR) is 121 cm³/mol. The molecule has 0 spiro atoms. The van der Waals surface area contributed by atoms with Gasteiger partial charge < -0.3 is 4.74 Å². The maximum atomic E-state index is 13.5. The lowest BCUT2D eigenvalue weighted by atomic mass is 10.1. The number of hydrogen-bond donors (Lipinski definition) is 0. The first-order chi connectivity index (χ1) is 15.4. The van der Waals surface area contributed by atoms with Crippen LogP contribution in [0.4, 0.5) is 10.5 Å². The number of aliphatic imine (C=N–C) groups is 1. The molecule has 4 heterocycles. The van der Waals surface area contributed by atoms with E-state index in [4.69, 9.17) is 21.3 Å². The number of nitrogens with zero attached hydrogens (tertiary/aromatic N) is 6. The van der Waals surface area contributed by atoms with Crippen molar-refractivity contribution in [2.45, 2.75) is 13.0 Å². The van der Waals surface area contributed by atoms with Gasteiger partial charge in [-0.3, -0.25) is 19.5 Å². The van der Waals surface area contributed by atoms with Crippen molar-refractivity contribution in [2.75, 3.05) is 64.4 Å². The highest BCUT2D eigenvalue weighted by molar-refractivity contribution is 6.30. The molecule has 2 saturated heterocycles. The number of urea groups is 1. The van der Waals surface area contributed by atoms with Gasteiger partial charge in [-0.05, 0) is 24.3 Å². The lowest BCUT2D eigenvalue weighted by Gasteiger charge is -2.36. The van der Waals surface area contributed by atoms with Crippen molar-refractivity contribution >= 4 is 41.0 Å². The van der Waals surface area contributed by atoms with E-state index in [0.717, 1.165) is 25.3 Å². The Morgan fingerprint density at radius 1 is 1.16 bits per heavy atom. The lowest BCUT2D eigenvalue weighted by Crippen LogP contribution is -2.64. The molecule has 0 N–H and O–H groups in total. The molecular formula is C22H28ClN6O3+. The van der Waals surface area contributed by atoms with Gasteiger partial charge in [-0.15, -0.1) is 0 Å². The van der Waals surface area contributed by atoms with Gasteiger partial charge in [0, 0.05) is 44.2 Å². The number of guanidine groups is 1. The zero-order chi connectivity index (χ0) is 22.4. The van der Waals surface area contributed by atoms with Crippen molar-refractivity contribution in [3.05, 3.63) is 29.3 Å². The van der Waals surface area contributed by atoms with Crippen LogP contribution in [0.1, 0.15) is 6.92 Å². The average molecular weight is 460 g/mol. The number of rotatable bonds is 4. The van der Waals surface area contributed by atoms with Crippen molar-refractivity contribution in [1.29, 1.82) is 0 Å². The van der Waals surface area contributed by atoms with Gasteiger partial charge in [0.25, 0.3) is 5.91 Å². The number of amidine groups is 1. The lowest BCUT2D eigenvalue weighted by molar-refractivity contribution is -0.545. The summed E-state index contributed by atoms with van der Waals surface area (Å²) in [5.41, 5.74) is 0.967. The summed E-state index contributed by atoms with van der Waals surface area (Å²) in [4.78, 5) is 38.7. The van der Waals surface area contributed by atoms with Crippen LogP contribution in [-0.4, -0.2) is 109 Å². The van der Waals surface area contributed by atoms with Crippen LogP contribution in [0.3, 0.4) is 0 Å². The van der Waals surface area contributed by atoms with Gasteiger partial charge in [0.15, 0.2) is 0 Å². The Balaban J connectivity index is 1.43. The van der Waals surface area contributed by atoms with E-state index >= 15 is 0 Å². The molecule has 9 nitrogen and oxygen atoms in total. The third kappa shape index (κ3) is 3.68. The summed E-state index contributed by atoms with van der Waals surface area (Å²) < 4.78 is 7.44. The van der Waals surface area contributed by atoms with Crippen molar-refractivity contribution in [3.63, 3.8) is 0 Å². The van der Waals surface area contributed by atoms with Crippen LogP contribution in [0, 0.1) is 5.92 Å². The molecule has 170 valence electrons. The second-order valence-corrected chi connectivity index (χ2v) is 9.24. The Kier molecular flexibility index (Phi) is 5.65. The smallest absolute Gasteiger partial charge is 0.379 e. The van der Waals surface area contributed by atoms with Crippen LogP contribution < -0.4 is 4.90 Å². The summed E-state index contributed by atoms with van der Waals surface area (Å²) in [5.74, 6) is 1.35. The Labute approximate surface area is 192 Å². The maximum absolute atomic E-state index is 13.5. The molecule has 1 aromatic carbocycles. The van der Waals surface area contributed by atoms with E-state index in [0.29, 0.717) is 55.6 Å². The molecule has 0 bridgehead atoms. The van der Waals surface area contributed by atoms with E-state index < -0.39 is 6.04 Å². The summed E-state index contributed by atoms with van der Waals surface area (Å²) >= 11 is 6.08. The van der Waals surface area contributed by atoms with Crippen molar-refractivity contribution < 1.29 is 18.9 Å². The molecular weight excluding hydrogens is 432 g/mol. The fourth-order valence-corrected chi connectivity index (χ4v) is 4.94. The number of ether oxygens (including phenoxy) is 1. The number of hydrogen-bond acceptors (Lipinski definition) is 6. The minimum Gasteiger partial charge on any atom is -0.379 e. The Bertz CT molecular complexity index is 988. The maximum Gasteiger partial charge on any atom is 0.397 e. The summed E-state index contributed by atoms with van der Waals surface area (Å²) in [6.45, 7) is 7.68. The second-order valence-electron chi connectivity index (χ2n) is 8.80. The van der Waals surface area contributed by atoms with Gasteiger partial charge in [-0.1, -0.05) is 23.5 Å². The van der Waals surface area contributed by atoms with Crippen LogP contribution >= 0.6 is 11.6 Å². The number of carbonyl (C=O) groups is 2. The minimum atomic E-state index is -0.574. The number of fused-ring (bicyclic) bond motifs is 2. The number of halogens is 1. The SMILES string of the molecule is CC1CN(c2ccc(Cl)cc2)C2=[N+](C1)C1C(=O)N(CCN3CCOCC3)C(=O)N(C)C1=N2. The monoisotopic (exact) mass is 459 g/mol. The van der Waals surface area contributed by atoms with E-state index in [2.05, 4.69) is 16.7 Å². The summed E-state index contributed by atoms with van der Waals surface area (Å²) in [6, 6.07) is 6.73. The summed E-state index contributed by atoms with van der Waals surface area (Å²) in [7, 11) is 1.71. The van der Waals surface area contributed by atoms with E-state index in [9.17, 15) is 9.59 Å². The fraction of sp³-hybridized carbons (Fsp3) is 0.545. The van der Waals surface area contributed by atoms with E-state index in [1.807, 2.05) is 28.8 Å². The first-order valence-electron chi connectivity index (χ1n) is 11.1. The molecule has 2 atom stereocenters. The number of likely N-dealkylation sites (N-methyl/N-ethyl adjacent to an activating group) is 1. The molecule has 0 saturated carbocycles. The molecule has 10 heteroatoms. The Morgan fingerprint density at radius 2 is 1.88 bits per heavy atom. The van der Waals surface area contributed by atoms with E-state index in [1.165, 1.54) is 9.80 Å². The van der Waals surface area contributed by atoms with Gasteiger partial charge >= 0.3 is 12.0 Å². The number of anilines is 1. The normalized spacial score (nSPS) is 26.5. The molecule has 3 amide bonds. The number of carbonyl (C=O) groups excluding carboxylic acids is 2. The van der Waals surface area contributed by atoms with Crippen LogP contribution in [0.5, 0.6) is 0 Å². The largest absolute Gasteiger partial charge is 0.397 e. The van der Waals surface area contributed by atoms with Crippen LogP contribution in [-0.2, 0) is 9.53 Å². The van der Waals surface area contributed by atoms with Gasteiger partial charge in [0.1, 0.15) is 5.69 Å². The number of benzene rings is 1. The standard InChI is InChI=1S/C22H28ClN6O3/c1-15-13-28(17-5-3-16(23)4-6-17)21-24-19-18(29(21)14-15)20(30)27(22(31)25(19)2)8-7-26-9-11-32-12-10-26/h3-6,15,18H,7-14H2,1-2H3/q+1. The number of morpholine rings is 1.